The van der Waals surface area contributed by atoms with Crippen molar-refractivity contribution in [2.75, 3.05) is 38.0 Å². The van der Waals surface area contributed by atoms with Gasteiger partial charge in [-0.3, -0.25) is 0 Å². The van der Waals surface area contributed by atoms with Crippen molar-refractivity contribution in [3.8, 4) is 0 Å². The molecule has 98 valence electrons. The summed E-state index contributed by atoms with van der Waals surface area (Å²) in [5.41, 5.74) is 0. The molecule has 0 amide bonds. The maximum Gasteiger partial charge on any atom is 0.135 e. The smallest absolute Gasteiger partial charge is 0.0581 e. The molecule has 1 aromatic rings. The molecule has 0 unspecified atom stereocenters. The summed E-state index contributed by atoms with van der Waals surface area (Å²) in [7, 11) is -1.55. The summed E-state index contributed by atoms with van der Waals surface area (Å²) < 4.78 is 0. The highest BCUT2D eigenvalue weighted by molar-refractivity contribution is 7.88. The summed E-state index contributed by atoms with van der Waals surface area (Å²) in [5.74, 6) is 0. The van der Waals surface area contributed by atoms with Gasteiger partial charge in [-0.25, -0.2) is 0 Å². The van der Waals surface area contributed by atoms with Crippen LogP contribution >= 0.6 is 14.5 Å². The molecule has 2 fully saturated rings. The van der Waals surface area contributed by atoms with E-state index in [1.54, 1.807) is 0 Å². The molecule has 0 spiro atoms. The van der Waals surface area contributed by atoms with E-state index in [1.807, 2.05) is 10.6 Å². The molecule has 0 atom stereocenters. The van der Waals surface area contributed by atoms with Crippen LogP contribution in [0.2, 0.25) is 0 Å². The van der Waals surface area contributed by atoms with Crippen LogP contribution in [0.1, 0.15) is 25.7 Å². The lowest BCUT2D eigenvalue weighted by Crippen LogP contribution is -2.31. The first kappa shape index (κ1) is 13.1. The Morgan fingerprint density at radius 2 is 1.00 bits per heavy atom. The average Bonchev–Trinajstić information content (AvgIpc) is 3.00. The van der Waals surface area contributed by atoms with Crippen molar-refractivity contribution in [1.82, 2.24) is 0 Å². The molecule has 2 saturated heterocycles. The molecule has 0 radical (unpaired) electrons. The summed E-state index contributed by atoms with van der Waals surface area (Å²) in [5, 5.41) is 3.67. The average molecular weight is 280 g/mol. The van der Waals surface area contributed by atoms with Crippen LogP contribution in [0, 0.1) is 0 Å². The minimum atomic E-state index is -0.777. The van der Waals surface area contributed by atoms with Crippen molar-refractivity contribution < 1.29 is 0 Å². The molecule has 2 aliphatic rings. The highest BCUT2D eigenvalue weighted by atomic mass is 31.2. The third kappa shape index (κ3) is 2.17. The van der Waals surface area contributed by atoms with Gasteiger partial charge in [-0.2, -0.15) is 0 Å². The van der Waals surface area contributed by atoms with Crippen LogP contribution < -0.4 is 10.6 Å². The Labute approximate surface area is 113 Å². The van der Waals surface area contributed by atoms with Crippen LogP contribution in [0.25, 0.3) is 0 Å². The van der Waals surface area contributed by atoms with E-state index in [-0.39, 0.29) is 0 Å². The van der Waals surface area contributed by atoms with Gasteiger partial charge in [0.15, 0.2) is 0 Å². The number of benzene rings is 1. The van der Waals surface area contributed by atoms with Crippen molar-refractivity contribution in [2.45, 2.75) is 25.7 Å². The van der Waals surface area contributed by atoms with E-state index in [2.05, 4.69) is 37.6 Å². The number of hydrogen-bond acceptors (Lipinski definition) is 0. The Kier molecular flexibility index (Phi) is 3.55. The Hall–Kier alpha value is 0.0800. The Bertz CT molecular complexity index is 385. The standard InChI is InChI=1S/C16H26P2/c1-17(11-5-6-12-17)15-9-3-4-10-16(15)18(2)13-7-8-14-18/h3-4,9-10H,5-8,11-14H2,1-2H3/q+2. The third-order valence-electron chi connectivity index (χ3n) is 5.15. The zero-order valence-electron chi connectivity index (χ0n) is 11.9. The number of hydrogen-bond donors (Lipinski definition) is 0. The monoisotopic (exact) mass is 280 g/mol. The fraction of sp³-hybridized carbons (Fsp3) is 0.625. The lowest BCUT2D eigenvalue weighted by atomic mass is 10.4. The zero-order chi connectivity index (χ0) is 12.6. The van der Waals surface area contributed by atoms with Gasteiger partial charge in [-0.05, 0) is 37.8 Å². The Balaban J connectivity index is 2.05. The van der Waals surface area contributed by atoms with Crippen molar-refractivity contribution in [2.24, 2.45) is 0 Å². The molecule has 2 heteroatoms. The first-order valence-electron chi connectivity index (χ1n) is 7.43. The quantitative estimate of drug-likeness (QED) is 0.722. The number of rotatable bonds is 2. The van der Waals surface area contributed by atoms with Crippen LogP contribution in [0.3, 0.4) is 0 Å². The fourth-order valence-corrected chi connectivity index (χ4v) is 12.6. The highest BCUT2D eigenvalue weighted by Gasteiger charge is 2.47. The second-order valence-corrected chi connectivity index (χ2v) is 14.9. The van der Waals surface area contributed by atoms with Crippen LogP contribution in [-0.4, -0.2) is 38.0 Å². The molecule has 0 bridgehead atoms. The lowest BCUT2D eigenvalue weighted by Gasteiger charge is -2.24. The first-order chi connectivity index (χ1) is 8.64. The molecule has 0 N–H and O–H groups in total. The van der Waals surface area contributed by atoms with E-state index in [0.29, 0.717) is 0 Å². The van der Waals surface area contributed by atoms with E-state index < -0.39 is 14.5 Å². The lowest BCUT2D eigenvalue weighted by molar-refractivity contribution is 0.949. The van der Waals surface area contributed by atoms with Crippen molar-refractivity contribution in [1.29, 1.82) is 0 Å². The Morgan fingerprint density at radius 3 is 1.33 bits per heavy atom. The zero-order valence-corrected chi connectivity index (χ0v) is 13.6. The van der Waals surface area contributed by atoms with E-state index in [0.717, 1.165) is 0 Å². The summed E-state index contributed by atoms with van der Waals surface area (Å²) in [4.78, 5) is 0. The summed E-state index contributed by atoms with van der Waals surface area (Å²) in [6, 6.07) is 9.59. The predicted molar refractivity (Wildman–Crippen MR) is 89.3 cm³/mol. The molecule has 2 heterocycles. The predicted octanol–water partition coefficient (Wildman–Crippen LogP) is 3.82. The second kappa shape index (κ2) is 4.88. The molecular formula is C16H26P2+2. The minimum Gasteiger partial charge on any atom is -0.0581 e. The van der Waals surface area contributed by atoms with Gasteiger partial charge in [0.2, 0.25) is 0 Å². The van der Waals surface area contributed by atoms with Crippen molar-refractivity contribution in [3.05, 3.63) is 24.3 Å². The SMILES string of the molecule is C[P+]1(c2ccccc2[P+]2(C)CCCC2)CCCC1. The van der Waals surface area contributed by atoms with Gasteiger partial charge in [0.05, 0.1) is 38.0 Å². The fourth-order valence-electron chi connectivity index (χ4n) is 3.93. The summed E-state index contributed by atoms with van der Waals surface area (Å²) >= 11 is 0. The van der Waals surface area contributed by atoms with Gasteiger partial charge in [0.1, 0.15) is 10.6 Å². The van der Waals surface area contributed by atoms with Crippen LogP contribution in [0.15, 0.2) is 24.3 Å². The molecule has 2 aliphatic heterocycles. The van der Waals surface area contributed by atoms with Crippen molar-refractivity contribution >= 4 is 25.1 Å². The van der Waals surface area contributed by atoms with Crippen LogP contribution in [0.5, 0.6) is 0 Å². The molecule has 1 aromatic carbocycles. The third-order valence-corrected chi connectivity index (χ3v) is 13.6. The maximum atomic E-state index is 2.63. The van der Waals surface area contributed by atoms with Crippen LogP contribution in [0.4, 0.5) is 0 Å². The summed E-state index contributed by atoms with van der Waals surface area (Å²) in [6.07, 6.45) is 12.0. The molecular weight excluding hydrogens is 254 g/mol. The minimum absolute atomic E-state index is 0.777. The molecule has 0 nitrogen and oxygen atoms in total. The van der Waals surface area contributed by atoms with Gasteiger partial charge >= 0.3 is 0 Å². The second-order valence-electron chi connectivity index (χ2n) is 6.59. The van der Waals surface area contributed by atoms with Gasteiger partial charge in [0, 0.05) is 14.5 Å². The van der Waals surface area contributed by atoms with Gasteiger partial charge in [-0.1, -0.05) is 12.1 Å². The van der Waals surface area contributed by atoms with Crippen LogP contribution in [-0.2, 0) is 0 Å². The van der Waals surface area contributed by atoms with Crippen molar-refractivity contribution in [3.63, 3.8) is 0 Å². The molecule has 3 rings (SSSR count). The first-order valence-corrected chi connectivity index (χ1v) is 12.6. The van der Waals surface area contributed by atoms with Gasteiger partial charge < -0.3 is 0 Å². The van der Waals surface area contributed by atoms with Gasteiger partial charge in [0.25, 0.3) is 0 Å². The normalized spacial score (nSPS) is 25.4. The van der Waals surface area contributed by atoms with Gasteiger partial charge in [-0.15, -0.1) is 0 Å². The maximum absolute atomic E-state index is 2.63. The molecule has 0 aliphatic carbocycles. The largest absolute Gasteiger partial charge is 0.135 e. The topological polar surface area (TPSA) is 0 Å². The summed E-state index contributed by atoms with van der Waals surface area (Å²) in [6.45, 7) is 5.25. The molecule has 0 saturated carbocycles. The van der Waals surface area contributed by atoms with E-state index in [4.69, 9.17) is 0 Å². The molecule has 0 aromatic heterocycles. The van der Waals surface area contributed by atoms with E-state index in [9.17, 15) is 0 Å². The molecule has 18 heavy (non-hydrogen) atoms. The van der Waals surface area contributed by atoms with E-state index >= 15 is 0 Å². The highest BCUT2D eigenvalue weighted by Crippen LogP contribution is 2.64. The Morgan fingerprint density at radius 1 is 0.667 bits per heavy atom. The van der Waals surface area contributed by atoms with E-state index in [1.165, 1.54) is 50.3 Å².